The van der Waals surface area contributed by atoms with Crippen molar-refractivity contribution in [3.63, 3.8) is 0 Å². The fourth-order valence-corrected chi connectivity index (χ4v) is 4.78. The lowest BCUT2D eigenvalue weighted by Gasteiger charge is -2.42. The maximum atomic E-state index is 13.2. The smallest absolute Gasteiger partial charge is 0.227 e. The molecule has 1 aromatic carbocycles. The molecule has 3 aromatic rings. The summed E-state index contributed by atoms with van der Waals surface area (Å²) in [4.78, 5) is 28.8. The number of benzene rings is 1. The Labute approximate surface area is 190 Å². The summed E-state index contributed by atoms with van der Waals surface area (Å²) in [5.41, 5.74) is 4.02. The normalized spacial score (nSPS) is 18.9. The first-order valence-corrected chi connectivity index (χ1v) is 11.4. The zero-order chi connectivity index (χ0) is 22.4. The first-order chi connectivity index (χ1) is 15.6. The Morgan fingerprint density at radius 3 is 2.66 bits per heavy atom. The number of carbonyl (C=O) groups excluding carboxylic acids is 1. The molecule has 32 heavy (non-hydrogen) atoms. The molecule has 4 rings (SSSR count). The maximum Gasteiger partial charge on any atom is 0.227 e. The third-order valence-corrected chi connectivity index (χ3v) is 6.36. The summed E-state index contributed by atoms with van der Waals surface area (Å²) in [7, 11) is 1.74. The van der Waals surface area contributed by atoms with Crippen LogP contribution in [-0.4, -0.2) is 45.9 Å². The van der Waals surface area contributed by atoms with Crippen molar-refractivity contribution in [3.8, 4) is 11.1 Å². The van der Waals surface area contributed by atoms with Crippen LogP contribution in [0.2, 0.25) is 0 Å². The SMILES string of the molecule is CCc1ncc(CN2CCC[C@@](Cc3ccccc3-c3cccnc3)(C(=O)NC)C2)cn1. The average Bonchev–Trinajstić information content (AvgIpc) is 2.85. The van der Waals surface area contributed by atoms with Gasteiger partial charge in [-0.1, -0.05) is 37.3 Å². The van der Waals surface area contributed by atoms with E-state index in [2.05, 4.69) is 56.4 Å². The molecule has 0 saturated carbocycles. The number of aromatic nitrogens is 3. The number of rotatable bonds is 7. The van der Waals surface area contributed by atoms with E-state index >= 15 is 0 Å². The number of nitrogens with one attached hydrogen (secondary N) is 1. The highest BCUT2D eigenvalue weighted by atomic mass is 16.2. The van der Waals surface area contributed by atoms with Crippen LogP contribution in [0.1, 0.15) is 36.7 Å². The van der Waals surface area contributed by atoms with Crippen LogP contribution in [0.5, 0.6) is 0 Å². The van der Waals surface area contributed by atoms with E-state index in [1.54, 1.807) is 13.2 Å². The minimum absolute atomic E-state index is 0.112. The minimum atomic E-state index is -0.477. The second-order valence-corrected chi connectivity index (χ2v) is 8.61. The van der Waals surface area contributed by atoms with Crippen LogP contribution in [0.15, 0.2) is 61.2 Å². The van der Waals surface area contributed by atoms with E-state index in [9.17, 15) is 4.79 Å². The van der Waals surface area contributed by atoms with Crippen molar-refractivity contribution in [2.45, 2.75) is 39.2 Å². The molecule has 166 valence electrons. The van der Waals surface area contributed by atoms with Gasteiger partial charge in [-0.25, -0.2) is 9.97 Å². The van der Waals surface area contributed by atoms with Crippen molar-refractivity contribution in [3.05, 3.63) is 78.1 Å². The summed E-state index contributed by atoms with van der Waals surface area (Å²) in [5, 5.41) is 2.95. The Morgan fingerprint density at radius 1 is 1.12 bits per heavy atom. The number of pyridine rings is 1. The van der Waals surface area contributed by atoms with Gasteiger partial charge in [0.05, 0.1) is 5.41 Å². The van der Waals surface area contributed by atoms with Gasteiger partial charge in [-0.05, 0) is 43.0 Å². The Bertz CT molecular complexity index is 1040. The van der Waals surface area contributed by atoms with Crippen molar-refractivity contribution in [1.29, 1.82) is 0 Å². The van der Waals surface area contributed by atoms with E-state index in [4.69, 9.17) is 0 Å². The molecule has 1 N–H and O–H groups in total. The molecule has 0 bridgehead atoms. The van der Waals surface area contributed by atoms with Crippen LogP contribution in [-0.2, 0) is 24.2 Å². The standard InChI is InChI=1S/C26H31N5O/c1-3-24-29-15-20(16-30-24)18-31-13-7-11-26(19-31,25(32)27-2)14-21-8-4-5-10-23(21)22-9-6-12-28-17-22/h4-6,8-10,12,15-17H,3,7,11,13-14,18-19H2,1-2H3,(H,27,32)/t26-/m0/s1. The van der Waals surface area contributed by atoms with E-state index in [1.807, 2.05) is 30.7 Å². The molecular formula is C26H31N5O. The number of hydrogen-bond acceptors (Lipinski definition) is 5. The van der Waals surface area contributed by atoms with Gasteiger partial charge in [-0.15, -0.1) is 0 Å². The number of amides is 1. The molecule has 3 heterocycles. The number of piperidine rings is 1. The summed E-state index contributed by atoms with van der Waals surface area (Å²) < 4.78 is 0. The zero-order valence-corrected chi connectivity index (χ0v) is 18.9. The first-order valence-electron chi connectivity index (χ1n) is 11.4. The third kappa shape index (κ3) is 4.86. The van der Waals surface area contributed by atoms with Gasteiger partial charge in [0.25, 0.3) is 0 Å². The Balaban J connectivity index is 1.60. The van der Waals surface area contributed by atoms with Gasteiger partial charge in [0, 0.05) is 62.5 Å². The molecule has 0 aliphatic carbocycles. The monoisotopic (exact) mass is 429 g/mol. The molecule has 1 aliphatic rings. The van der Waals surface area contributed by atoms with E-state index in [-0.39, 0.29) is 5.91 Å². The van der Waals surface area contributed by atoms with Crippen molar-refractivity contribution in [2.75, 3.05) is 20.1 Å². The highest BCUT2D eigenvalue weighted by Gasteiger charge is 2.42. The first kappa shape index (κ1) is 22.1. The van der Waals surface area contributed by atoms with E-state index in [0.717, 1.165) is 54.9 Å². The minimum Gasteiger partial charge on any atom is -0.359 e. The van der Waals surface area contributed by atoms with Gasteiger partial charge in [0.2, 0.25) is 5.91 Å². The summed E-state index contributed by atoms with van der Waals surface area (Å²) in [6, 6.07) is 12.4. The van der Waals surface area contributed by atoms with Gasteiger partial charge < -0.3 is 5.32 Å². The molecule has 0 radical (unpaired) electrons. The van der Waals surface area contributed by atoms with Crippen LogP contribution in [0.3, 0.4) is 0 Å². The quantitative estimate of drug-likeness (QED) is 0.620. The van der Waals surface area contributed by atoms with Crippen molar-refractivity contribution in [1.82, 2.24) is 25.2 Å². The Morgan fingerprint density at radius 2 is 1.94 bits per heavy atom. The largest absolute Gasteiger partial charge is 0.359 e. The lowest BCUT2D eigenvalue weighted by atomic mass is 9.73. The molecule has 6 heteroatoms. The van der Waals surface area contributed by atoms with E-state index in [0.29, 0.717) is 13.0 Å². The summed E-state index contributed by atoms with van der Waals surface area (Å²) in [5.74, 6) is 0.972. The number of nitrogens with zero attached hydrogens (tertiary/aromatic N) is 4. The number of aryl methyl sites for hydroxylation is 1. The summed E-state index contributed by atoms with van der Waals surface area (Å²) >= 11 is 0. The predicted octanol–water partition coefficient (Wildman–Crippen LogP) is 3.67. The van der Waals surface area contributed by atoms with Crippen LogP contribution in [0.4, 0.5) is 0 Å². The Kier molecular flexibility index (Phi) is 6.90. The second-order valence-electron chi connectivity index (χ2n) is 8.61. The molecule has 2 aromatic heterocycles. The third-order valence-electron chi connectivity index (χ3n) is 6.36. The van der Waals surface area contributed by atoms with Gasteiger partial charge in [0.1, 0.15) is 5.82 Å². The summed E-state index contributed by atoms with van der Waals surface area (Å²) in [6.07, 6.45) is 10.9. The highest BCUT2D eigenvalue weighted by Crippen LogP contribution is 2.37. The second kappa shape index (κ2) is 10.0. The van der Waals surface area contributed by atoms with Gasteiger partial charge in [-0.3, -0.25) is 14.7 Å². The van der Waals surface area contributed by atoms with E-state index in [1.165, 1.54) is 5.56 Å². The van der Waals surface area contributed by atoms with Gasteiger partial charge in [0.15, 0.2) is 0 Å². The van der Waals surface area contributed by atoms with E-state index < -0.39 is 5.41 Å². The van der Waals surface area contributed by atoms with Crippen LogP contribution in [0.25, 0.3) is 11.1 Å². The van der Waals surface area contributed by atoms with Crippen LogP contribution < -0.4 is 5.32 Å². The molecule has 6 nitrogen and oxygen atoms in total. The molecule has 1 atom stereocenters. The molecule has 1 aliphatic heterocycles. The lowest BCUT2D eigenvalue weighted by Crippen LogP contribution is -2.52. The maximum absolute atomic E-state index is 13.2. The van der Waals surface area contributed by atoms with Gasteiger partial charge in [-0.2, -0.15) is 0 Å². The fraction of sp³-hybridized carbons (Fsp3) is 0.385. The molecular weight excluding hydrogens is 398 g/mol. The Hall–Kier alpha value is -3.12. The number of hydrogen-bond donors (Lipinski definition) is 1. The molecule has 1 saturated heterocycles. The molecule has 1 amide bonds. The zero-order valence-electron chi connectivity index (χ0n) is 18.9. The molecule has 1 fully saturated rings. The predicted molar refractivity (Wildman–Crippen MR) is 126 cm³/mol. The summed E-state index contributed by atoms with van der Waals surface area (Å²) in [6.45, 7) is 4.50. The highest BCUT2D eigenvalue weighted by molar-refractivity contribution is 5.83. The van der Waals surface area contributed by atoms with Crippen molar-refractivity contribution >= 4 is 5.91 Å². The lowest BCUT2D eigenvalue weighted by molar-refractivity contribution is -0.134. The topological polar surface area (TPSA) is 71.0 Å². The van der Waals surface area contributed by atoms with Crippen molar-refractivity contribution < 1.29 is 4.79 Å². The fourth-order valence-electron chi connectivity index (χ4n) is 4.78. The van der Waals surface area contributed by atoms with Crippen molar-refractivity contribution in [2.24, 2.45) is 5.41 Å². The molecule has 0 spiro atoms. The number of likely N-dealkylation sites (tertiary alicyclic amines) is 1. The van der Waals surface area contributed by atoms with Crippen LogP contribution >= 0.6 is 0 Å². The van der Waals surface area contributed by atoms with Gasteiger partial charge >= 0.3 is 0 Å². The molecule has 0 unspecified atom stereocenters. The number of carbonyl (C=O) groups is 1. The average molecular weight is 430 g/mol. The van der Waals surface area contributed by atoms with Crippen LogP contribution in [0, 0.1) is 5.41 Å².